The Balaban J connectivity index is 2.08. The molecule has 0 aliphatic carbocycles. The molecule has 44 heavy (non-hydrogen) atoms. The van der Waals surface area contributed by atoms with Crippen molar-refractivity contribution in [2.24, 2.45) is 0 Å². The highest BCUT2D eigenvalue weighted by Gasteiger charge is 2.33. The lowest BCUT2D eigenvalue weighted by Gasteiger charge is -2.32. The number of carbonyl (C=O) groups is 2. The van der Waals surface area contributed by atoms with Crippen LogP contribution in [0.3, 0.4) is 0 Å². The number of methoxy groups -OCH3 is 2. The van der Waals surface area contributed by atoms with E-state index in [4.69, 9.17) is 25.8 Å². The van der Waals surface area contributed by atoms with E-state index in [1.54, 1.807) is 55.5 Å². The predicted octanol–water partition coefficient (Wildman–Crippen LogP) is 5.28. The van der Waals surface area contributed by atoms with Gasteiger partial charge in [0.05, 0.1) is 31.4 Å². The Kier molecular flexibility index (Phi) is 12.3. The van der Waals surface area contributed by atoms with Crippen molar-refractivity contribution in [2.75, 3.05) is 31.7 Å². The fourth-order valence-electron chi connectivity index (χ4n) is 4.39. The zero-order valence-electron chi connectivity index (χ0n) is 25.9. The van der Waals surface area contributed by atoms with E-state index in [1.165, 1.54) is 37.3 Å². The Bertz CT molecular complexity index is 1530. The minimum absolute atomic E-state index is 0.0298. The Labute approximate surface area is 264 Å². The van der Waals surface area contributed by atoms with Crippen LogP contribution in [0.5, 0.6) is 17.2 Å². The number of hydrogen-bond donors (Lipinski definition) is 1. The van der Waals surface area contributed by atoms with E-state index in [-0.39, 0.29) is 34.8 Å². The van der Waals surface area contributed by atoms with Crippen LogP contribution >= 0.6 is 11.6 Å². The van der Waals surface area contributed by atoms with E-state index in [0.29, 0.717) is 35.1 Å². The number of anilines is 1. The molecule has 2 unspecified atom stereocenters. The summed E-state index contributed by atoms with van der Waals surface area (Å²) in [4.78, 5) is 28.6. The quantitative estimate of drug-likeness (QED) is 0.239. The van der Waals surface area contributed by atoms with E-state index in [1.807, 2.05) is 20.8 Å². The number of nitrogens with zero attached hydrogens (tertiary/aromatic N) is 2. The molecule has 0 aromatic heterocycles. The Hall–Kier alpha value is -3.96. The van der Waals surface area contributed by atoms with Gasteiger partial charge in [0.15, 0.2) is 11.5 Å². The smallest absolute Gasteiger partial charge is 0.264 e. The molecule has 2 amide bonds. The lowest BCUT2D eigenvalue weighted by molar-refractivity contribution is -0.139. The molecule has 1 N–H and O–H groups in total. The first-order chi connectivity index (χ1) is 20.9. The summed E-state index contributed by atoms with van der Waals surface area (Å²) in [5.41, 5.74) is 0.917. The molecule has 3 aromatic carbocycles. The number of carbonyl (C=O) groups excluding carboxylic acids is 2. The number of hydrogen-bond acceptors (Lipinski definition) is 7. The van der Waals surface area contributed by atoms with Crippen LogP contribution in [-0.4, -0.2) is 64.6 Å². The average Bonchev–Trinajstić information content (AvgIpc) is 3.02. The van der Waals surface area contributed by atoms with Gasteiger partial charge in [-0.25, -0.2) is 8.42 Å². The van der Waals surface area contributed by atoms with Gasteiger partial charge in [0.2, 0.25) is 11.8 Å². The molecular weight excluding hydrogens is 606 g/mol. The van der Waals surface area contributed by atoms with E-state index >= 15 is 0 Å². The van der Waals surface area contributed by atoms with Crippen LogP contribution in [0.4, 0.5) is 5.69 Å². The maximum absolute atomic E-state index is 14.2. The van der Waals surface area contributed by atoms with Gasteiger partial charge in [0.25, 0.3) is 10.0 Å². The van der Waals surface area contributed by atoms with Gasteiger partial charge in [0.1, 0.15) is 18.3 Å². The van der Waals surface area contributed by atoms with Crippen molar-refractivity contribution in [3.63, 3.8) is 0 Å². The number of amides is 2. The summed E-state index contributed by atoms with van der Waals surface area (Å²) < 4.78 is 45.5. The normalized spacial score (nSPS) is 12.5. The molecule has 12 heteroatoms. The van der Waals surface area contributed by atoms with E-state index < -0.39 is 28.5 Å². The molecular formula is C32H40ClN3O7S. The molecule has 0 aliphatic rings. The van der Waals surface area contributed by atoms with Crippen LogP contribution in [0.25, 0.3) is 0 Å². The minimum atomic E-state index is -4.33. The van der Waals surface area contributed by atoms with Gasteiger partial charge in [0, 0.05) is 23.7 Å². The number of halogens is 1. The molecule has 0 fully saturated rings. The van der Waals surface area contributed by atoms with Crippen LogP contribution in [0.2, 0.25) is 5.02 Å². The largest absolute Gasteiger partial charge is 0.494 e. The Morgan fingerprint density at radius 1 is 0.932 bits per heavy atom. The Morgan fingerprint density at radius 2 is 1.61 bits per heavy atom. The molecule has 0 heterocycles. The van der Waals surface area contributed by atoms with E-state index in [0.717, 1.165) is 4.31 Å². The molecule has 0 saturated heterocycles. The molecule has 10 nitrogen and oxygen atoms in total. The highest BCUT2D eigenvalue weighted by atomic mass is 35.5. The van der Waals surface area contributed by atoms with Gasteiger partial charge in [-0.05, 0) is 81.3 Å². The van der Waals surface area contributed by atoms with Crippen LogP contribution in [0.1, 0.15) is 39.7 Å². The summed E-state index contributed by atoms with van der Waals surface area (Å²) in [6.07, 6.45) is 0.704. The zero-order valence-corrected chi connectivity index (χ0v) is 27.4. The standard InChI is InChI=1S/C32H40ClN3O7S/c1-7-22(3)34-32(38)23(4)35(20-24-10-9-11-25(33)18-24)31(37)21-36(26-12-14-27(15-13-26)43-8-2)44(39,40)28-16-17-29(41-5)30(19-28)42-6/h9-19,22-23H,7-8,20-21H2,1-6H3,(H,34,38). The lowest BCUT2D eigenvalue weighted by atomic mass is 10.1. The van der Waals surface area contributed by atoms with Gasteiger partial charge >= 0.3 is 0 Å². The van der Waals surface area contributed by atoms with Crippen molar-refractivity contribution in [1.82, 2.24) is 10.2 Å². The Morgan fingerprint density at radius 3 is 2.20 bits per heavy atom. The third kappa shape index (κ3) is 8.57. The number of rotatable bonds is 15. The van der Waals surface area contributed by atoms with Crippen LogP contribution in [0, 0.1) is 0 Å². The summed E-state index contributed by atoms with van der Waals surface area (Å²) in [5, 5.41) is 3.39. The first kappa shape index (κ1) is 34.5. The van der Waals surface area contributed by atoms with Crippen LogP contribution in [0.15, 0.2) is 71.6 Å². The fourth-order valence-corrected chi connectivity index (χ4v) is 6.03. The predicted molar refractivity (Wildman–Crippen MR) is 171 cm³/mol. The fraction of sp³-hybridized carbons (Fsp3) is 0.375. The highest BCUT2D eigenvalue weighted by molar-refractivity contribution is 7.92. The third-order valence-corrected chi connectivity index (χ3v) is 9.07. The maximum Gasteiger partial charge on any atom is 0.264 e. The van der Waals surface area contributed by atoms with Crippen LogP contribution < -0.4 is 23.8 Å². The van der Waals surface area contributed by atoms with Gasteiger partial charge in [-0.2, -0.15) is 0 Å². The van der Waals surface area contributed by atoms with Crippen molar-refractivity contribution in [2.45, 2.75) is 57.6 Å². The summed E-state index contributed by atoms with van der Waals surface area (Å²) in [5.74, 6) is 0.164. The monoisotopic (exact) mass is 645 g/mol. The number of sulfonamides is 1. The molecule has 0 spiro atoms. The van der Waals surface area contributed by atoms with Crippen molar-refractivity contribution in [3.8, 4) is 17.2 Å². The number of ether oxygens (including phenoxy) is 3. The molecule has 0 radical (unpaired) electrons. The summed E-state index contributed by atoms with van der Waals surface area (Å²) in [7, 11) is -1.47. The topological polar surface area (TPSA) is 114 Å². The molecule has 0 aliphatic heterocycles. The molecule has 3 aromatic rings. The van der Waals surface area contributed by atoms with Crippen LogP contribution in [-0.2, 0) is 26.2 Å². The molecule has 238 valence electrons. The summed E-state index contributed by atoms with van der Waals surface area (Å²) >= 11 is 6.21. The van der Waals surface area contributed by atoms with Gasteiger partial charge in [-0.3, -0.25) is 13.9 Å². The third-order valence-electron chi connectivity index (χ3n) is 7.07. The summed E-state index contributed by atoms with van der Waals surface area (Å²) in [6, 6.07) is 16.5. The second-order valence-electron chi connectivity index (χ2n) is 10.1. The zero-order chi connectivity index (χ0) is 32.4. The number of benzene rings is 3. The van der Waals surface area contributed by atoms with Crippen molar-refractivity contribution in [1.29, 1.82) is 0 Å². The SMILES string of the molecule is CCOc1ccc(N(CC(=O)N(Cc2cccc(Cl)c2)C(C)C(=O)NC(C)CC)S(=O)(=O)c2ccc(OC)c(OC)c2)cc1. The lowest BCUT2D eigenvalue weighted by Crippen LogP contribution is -2.52. The highest BCUT2D eigenvalue weighted by Crippen LogP contribution is 2.33. The molecule has 0 bridgehead atoms. The number of nitrogens with one attached hydrogen (secondary N) is 1. The van der Waals surface area contributed by atoms with Crippen molar-refractivity contribution < 1.29 is 32.2 Å². The van der Waals surface area contributed by atoms with E-state index in [2.05, 4.69) is 5.32 Å². The molecule has 0 saturated carbocycles. The van der Waals surface area contributed by atoms with E-state index in [9.17, 15) is 18.0 Å². The van der Waals surface area contributed by atoms with Gasteiger partial charge in [-0.15, -0.1) is 0 Å². The molecule has 3 rings (SSSR count). The minimum Gasteiger partial charge on any atom is -0.494 e. The first-order valence-corrected chi connectivity index (χ1v) is 16.1. The maximum atomic E-state index is 14.2. The van der Waals surface area contributed by atoms with Crippen molar-refractivity contribution in [3.05, 3.63) is 77.3 Å². The first-order valence-electron chi connectivity index (χ1n) is 14.3. The van der Waals surface area contributed by atoms with Gasteiger partial charge < -0.3 is 24.4 Å². The molecule has 2 atom stereocenters. The second-order valence-corrected chi connectivity index (χ2v) is 12.4. The average molecular weight is 646 g/mol. The second kappa shape index (κ2) is 15.7. The van der Waals surface area contributed by atoms with Gasteiger partial charge in [-0.1, -0.05) is 30.7 Å². The van der Waals surface area contributed by atoms with Crippen molar-refractivity contribution >= 4 is 39.1 Å². The summed E-state index contributed by atoms with van der Waals surface area (Å²) in [6.45, 7) is 7.14.